The van der Waals surface area contributed by atoms with E-state index in [2.05, 4.69) is 6.92 Å². The maximum atomic E-state index is 11.8. The number of benzene rings is 1. The van der Waals surface area contributed by atoms with Crippen molar-refractivity contribution in [3.63, 3.8) is 0 Å². The van der Waals surface area contributed by atoms with Gasteiger partial charge in [0.25, 0.3) is 0 Å². The van der Waals surface area contributed by atoms with Gasteiger partial charge >= 0.3 is 5.97 Å². The second-order valence-corrected chi connectivity index (χ2v) is 4.26. The largest absolute Gasteiger partial charge is 0.496 e. The first kappa shape index (κ1) is 13.5. The quantitative estimate of drug-likeness (QED) is 0.791. The van der Waals surface area contributed by atoms with E-state index in [4.69, 9.17) is 13.9 Å². The molecule has 4 heteroatoms. The van der Waals surface area contributed by atoms with Crippen molar-refractivity contribution in [2.24, 2.45) is 0 Å². The van der Waals surface area contributed by atoms with Crippen LogP contribution in [-0.4, -0.2) is 19.7 Å². The number of carbonyl (C=O) groups is 1. The van der Waals surface area contributed by atoms with Crippen LogP contribution in [0.2, 0.25) is 0 Å². The van der Waals surface area contributed by atoms with E-state index in [0.717, 1.165) is 28.7 Å². The maximum Gasteiger partial charge on any atom is 0.374 e. The van der Waals surface area contributed by atoms with E-state index in [9.17, 15) is 4.79 Å². The van der Waals surface area contributed by atoms with Gasteiger partial charge < -0.3 is 13.9 Å². The van der Waals surface area contributed by atoms with Crippen molar-refractivity contribution in [1.29, 1.82) is 0 Å². The fraction of sp³-hybridized carbons (Fsp3) is 0.400. The summed E-state index contributed by atoms with van der Waals surface area (Å²) in [5.41, 5.74) is 2.50. The summed E-state index contributed by atoms with van der Waals surface area (Å²) < 4.78 is 16.1. The molecule has 0 aliphatic carbocycles. The molecule has 1 heterocycles. The zero-order chi connectivity index (χ0) is 14.0. The number of carbonyl (C=O) groups excluding carboxylic acids is 1. The highest BCUT2D eigenvalue weighted by molar-refractivity contribution is 5.98. The third-order valence-electron chi connectivity index (χ3n) is 3.17. The van der Waals surface area contributed by atoms with Crippen molar-refractivity contribution in [1.82, 2.24) is 0 Å². The number of ether oxygens (including phenoxy) is 2. The van der Waals surface area contributed by atoms with E-state index in [1.807, 2.05) is 19.1 Å². The lowest BCUT2D eigenvalue weighted by Gasteiger charge is -2.07. The molecule has 0 saturated carbocycles. The second-order valence-electron chi connectivity index (χ2n) is 4.26. The molecule has 0 fully saturated rings. The number of hydrogen-bond donors (Lipinski definition) is 0. The first-order chi connectivity index (χ1) is 9.13. The summed E-state index contributed by atoms with van der Waals surface area (Å²) >= 11 is 0. The minimum Gasteiger partial charge on any atom is -0.496 e. The van der Waals surface area contributed by atoms with Gasteiger partial charge in [0.15, 0.2) is 0 Å². The average molecular weight is 262 g/mol. The molecule has 0 N–H and O–H groups in total. The average Bonchev–Trinajstić information content (AvgIpc) is 2.75. The lowest BCUT2D eigenvalue weighted by molar-refractivity contribution is 0.0491. The van der Waals surface area contributed by atoms with E-state index in [-0.39, 0.29) is 5.76 Å². The minimum absolute atomic E-state index is 0.253. The van der Waals surface area contributed by atoms with Gasteiger partial charge in [-0.2, -0.15) is 0 Å². The number of rotatable bonds is 4. The molecule has 0 aliphatic heterocycles. The van der Waals surface area contributed by atoms with Gasteiger partial charge in [-0.15, -0.1) is 0 Å². The minimum atomic E-state index is -0.434. The summed E-state index contributed by atoms with van der Waals surface area (Å²) in [6.45, 7) is 6.00. The molecule has 2 rings (SSSR count). The number of methoxy groups -OCH3 is 1. The third-order valence-corrected chi connectivity index (χ3v) is 3.17. The molecular weight excluding hydrogens is 244 g/mol. The standard InChI is InChI=1S/C15H18O4/c1-5-10-7-8-11-12(14(10)17-4)9(3)13(19-11)15(16)18-6-2/h7-8H,5-6H2,1-4H3. The third kappa shape index (κ3) is 2.18. The van der Waals surface area contributed by atoms with Crippen molar-refractivity contribution in [3.05, 3.63) is 29.0 Å². The van der Waals surface area contributed by atoms with Crippen LogP contribution < -0.4 is 4.74 Å². The van der Waals surface area contributed by atoms with Gasteiger partial charge in [-0.3, -0.25) is 0 Å². The molecule has 0 atom stereocenters. The van der Waals surface area contributed by atoms with Crippen LogP contribution >= 0.6 is 0 Å². The predicted octanol–water partition coefficient (Wildman–Crippen LogP) is 3.49. The first-order valence-electron chi connectivity index (χ1n) is 6.40. The van der Waals surface area contributed by atoms with E-state index in [1.54, 1.807) is 14.0 Å². The van der Waals surface area contributed by atoms with Crippen molar-refractivity contribution < 1.29 is 18.7 Å². The van der Waals surface area contributed by atoms with Gasteiger partial charge in [-0.25, -0.2) is 4.79 Å². The van der Waals surface area contributed by atoms with Crippen LogP contribution in [0.1, 0.15) is 35.5 Å². The van der Waals surface area contributed by atoms with Crippen LogP contribution in [0.4, 0.5) is 0 Å². The van der Waals surface area contributed by atoms with Crippen molar-refractivity contribution >= 4 is 16.9 Å². The molecule has 0 aliphatic rings. The Hall–Kier alpha value is -1.97. The van der Waals surface area contributed by atoms with Crippen LogP contribution in [0.25, 0.3) is 11.0 Å². The zero-order valence-corrected chi connectivity index (χ0v) is 11.7. The van der Waals surface area contributed by atoms with Crippen molar-refractivity contribution in [2.45, 2.75) is 27.2 Å². The number of fused-ring (bicyclic) bond motifs is 1. The van der Waals surface area contributed by atoms with Gasteiger partial charge in [0.2, 0.25) is 5.76 Å². The second kappa shape index (κ2) is 5.34. The van der Waals surface area contributed by atoms with Gasteiger partial charge in [0, 0.05) is 5.56 Å². The monoisotopic (exact) mass is 262 g/mol. The van der Waals surface area contributed by atoms with E-state index >= 15 is 0 Å². The smallest absolute Gasteiger partial charge is 0.374 e. The molecule has 0 unspecified atom stereocenters. The van der Waals surface area contributed by atoms with Crippen molar-refractivity contribution in [3.8, 4) is 5.75 Å². The Morgan fingerprint density at radius 2 is 2.05 bits per heavy atom. The molecule has 19 heavy (non-hydrogen) atoms. The highest BCUT2D eigenvalue weighted by Gasteiger charge is 2.22. The van der Waals surface area contributed by atoms with Crippen molar-refractivity contribution in [2.75, 3.05) is 13.7 Å². The van der Waals surface area contributed by atoms with E-state index < -0.39 is 5.97 Å². The van der Waals surface area contributed by atoms with E-state index in [0.29, 0.717) is 12.2 Å². The number of hydrogen-bond acceptors (Lipinski definition) is 4. The lowest BCUT2D eigenvalue weighted by atomic mass is 10.1. The van der Waals surface area contributed by atoms with Gasteiger partial charge in [-0.05, 0) is 31.9 Å². The Morgan fingerprint density at radius 3 is 2.63 bits per heavy atom. The molecule has 0 amide bonds. The van der Waals surface area contributed by atoms with E-state index in [1.165, 1.54) is 0 Å². The number of aryl methyl sites for hydroxylation is 2. The lowest BCUT2D eigenvalue weighted by Crippen LogP contribution is -2.04. The zero-order valence-electron chi connectivity index (χ0n) is 11.7. The Kier molecular flexibility index (Phi) is 3.79. The van der Waals surface area contributed by atoms with Gasteiger partial charge in [0.05, 0.1) is 19.1 Å². The maximum absolute atomic E-state index is 11.8. The van der Waals surface area contributed by atoms with Gasteiger partial charge in [-0.1, -0.05) is 13.0 Å². The molecule has 0 saturated heterocycles. The molecule has 0 radical (unpaired) electrons. The normalized spacial score (nSPS) is 10.7. The number of furan rings is 1. The fourth-order valence-electron chi connectivity index (χ4n) is 2.25. The molecule has 0 bridgehead atoms. The highest BCUT2D eigenvalue weighted by atomic mass is 16.5. The Morgan fingerprint density at radius 1 is 1.32 bits per heavy atom. The Labute approximate surface area is 112 Å². The molecular formula is C15H18O4. The first-order valence-corrected chi connectivity index (χ1v) is 6.40. The Balaban J connectivity index is 2.67. The predicted molar refractivity (Wildman–Crippen MR) is 72.8 cm³/mol. The SMILES string of the molecule is CCOC(=O)c1oc2ccc(CC)c(OC)c2c1C. The molecule has 0 spiro atoms. The molecule has 1 aromatic heterocycles. The molecule has 1 aromatic carbocycles. The van der Waals surface area contributed by atoms with Crippen LogP contribution in [0.15, 0.2) is 16.5 Å². The van der Waals surface area contributed by atoms with Crippen LogP contribution in [0.5, 0.6) is 5.75 Å². The number of esters is 1. The molecule has 102 valence electrons. The van der Waals surface area contributed by atoms with Crippen LogP contribution in [0.3, 0.4) is 0 Å². The summed E-state index contributed by atoms with van der Waals surface area (Å²) in [6.07, 6.45) is 0.860. The summed E-state index contributed by atoms with van der Waals surface area (Å²) in [4.78, 5) is 11.8. The molecule has 2 aromatic rings. The summed E-state index contributed by atoms with van der Waals surface area (Å²) in [5, 5.41) is 0.852. The fourth-order valence-corrected chi connectivity index (χ4v) is 2.25. The summed E-state index contributed by atoms with van der Waals surface area (Å²) in [6, 6.07) is 3.82. The summed E-state index contributed by atoms with van der Waals surface area (Å²) in [5.74, 6) is 0.594. The van der Waals surface area contributed by atoms with Crippen LogP contribution in [0, 0.1) is 6.92 Å². The van der Waals surface area contributed by atoms with Crippen LogP contribution in [-0.2, 0) is 11.2 Å². The topological polar surface area (TPSA) is 48.7 Å². The highest BCUT2D eigenvalue weighted by Crippen LogP contribution is 2.36. The van der Waals surface area contributed by atoms with Gasteiger partial charge in [0.1, 0.15) is 11.3 Å². The molecule has 4 nitrogen and oxygen atoms in total. The Bertz CT molecular complexity index is 610. The summed E-state index contributed by atoms with van der Waals surface area (Å²) in [7, 11) is 1.63.